The maximum absolute atomic E-state index is 12.8. The smallest absolute Gasteiger partial charge is 0.368 e. The number of rotatable bonds is 4. The first-order valence-electron chi connectivity index (χ1n) is 4.77. The number of alkyl halides is 3. The molecule has 0 aromatic rings. The molecule has 1 aliphatic heterocycles. The number of halogens is 3. The van der Waals surface area contributed by atoms with Gasteiger partial charge in [0.15, 0.2) is 12.0 Å². The summed E-state index contributed by atoms with van der Waals surface area (Å²) in [5.41, 5.74) is 3.80. The standard InChI is InChI=1S/C8H12F3N3O3/c9-8(10,11)7(1-2-13-4-7)6(16)14-17-3-5(12)15/h13H,1-4H2,(H2,12,15)(H,14,16). The highest BCUT2D eigenvalue weighted by atomic mass is 19.4. The van der Waals surface area contributed by atoms with Crippen molar-refractivity contribution in [2.45, 2.75) is 12.6 Å². The van der Waals surface area contributed by atoms with E-state index in [-0.39, 0.29) is 13.0 Å². The van der Waals surface area contributed by atoms with Crippen LogP contribution < -0.4 is 16.5 Å². The van der Waals surface area contributed by atoms with Gasteiger partial charge in [0, 0.05) is 6.54 Å². The van der Waals surface area contributed by atoms with Crippen LogP contribution in [0.1, 0.15) is 6.42 Å². The first-order valence-corrected chi connectivity index (χ1v) is 4.77. The summed E-state index contributed by atoms with van der Waals surface area (Å²) in [5.74, 6) is -2.22. The van der Waals surface area contributed by atoms with Gasteiger partial charge < -0.3 is 11.1 Å². The summed E-state index contributed by atoms with van der Waals surface area (Å²) in [5, 5.41) is 2.47. The molecule has 1 aliphatic rings. The second-order valence-electron chi connectivity index (χ2n) is 3.69. The molecule has 1 atom stereocenters. The van der Waals surface area contributed by atoms with Gasteiger partial charge >= 0.3 is 6.18 Å². The Kier molecular flexibility index (Phi) is 3.94. The summed E-state index contributed by atoms with van der Waals surface area (Å²) in [7, 11) is 0. The molecule has 1 unspecified atom stereocenters. The fourth-order valence-corrected chi connectivity index (χ4v) is 1.53. The Morgan fingerprint density at radius 1 is 1.47 bits per heavy atom. The van der Waals surface area contributed by atoms with E-state index < -0.39 is 36.6 Å². The highest BCUT2D eigenvalue weighted by Crippen LogP contribution is 2.43. The van der Waals surface area contributed by atoms with Gasteiger partial charge in [0.25, 0.3) is 5.91 Å². The van der Waals surface area contributed by atoms with Crippen molar-refractivity contribution >= 4 is 11.8 Å². The van der Waals surface area contributed by atoms with Gasteiger partial charge in [0.1, 0.15) is 0 Å². The Balaban J connectivity index is 2.66. The van der Waals surface area contributed by atoms with E-state index in [4.69, 9.17) is 5.73 Å². The Hall–Kier alpha value is -1.35. The maximum Gasteiger partial charge on any atom is 0.404 e. The highest BCUT2D eigenvalue weighted by molar-refractivity contribution is 5.83. The van der Waals surface area contributed by atoms with E-state index in [1.165, 1.54) is 0 Å². The number of nitrogens with one attached hydrogen (secondary N) is 2. The molecule has 0 radical (unpaired) electrons. The molecule has 0 aromatic carbocycles. The first kappa shape index (κ1) is 13.7. The van der Waals surface area contributed by atoms with Gasteiger partial charge in [0.05, 0.1) is 0 Å². The fraction of sp³-hybridized carbons (Fsp3) is 0.750. The number of nitrogens with two attached hydrogens (primary N) is 1. The van der Waals surface area contributed by atoms with Crippen LogP contribution in [0.3, 0.4) is 0 Å². The largest absolute Gasteiger partial charge is 0.404 e. The third-order valence-electron chi connectivity index (χ3n) is 2.51. The van der Waals surface area contributed by atoms with Crippen LogP contribution in [0.5, 0.6) is 0 Å². The van der Waals surface area contributed by atoms with E-state index in [0.29, 0.717) is 0 Å². The average Bonchev–Trinajstić information content (AvgIpc) is 2.65. The number of amides is 2. The van der Waals surface area contributed by atoms with Crippen molar-refractivity contribution < 1.29 is 27.6 Å². The van der Waals surface area contributed by atoms with Crippen LogP contribution in [0.15, 0.2) is 0 Å². The lowest BCUT2D eigenvalue weighted by molar-refractivity contribution is -0.221. The fourth-order valence-electron chi connectivity index (χ4n) is 1.53. The second kappa shape index (κ2) is 4.88. The molecule has 2 amide bonds. The van der Waals surface area contributed by atoms with Crippen LogP contribution in [-0.4, -0.2) is 37.7 Å². The molecule has 0 saturated carbocycles. The van der Waals surface area contributed by atoms with Gasteiger partial charge in [-0.2, -0.15) is 13.2 Å². The molecular weight excluding hydrogens is 243 g/mol. The van der Waals surface area contributed by atoms with Gasteiger partial charge in [-0.1, -0.05) is 0 Å². The number of hydrogen-bond acceptors (Lipinski definition) is 4. The van der Waals surface area contributed by atoms with Crippen molar-refractivity contribution in [1.29, 1.82) is 0 Å². The molecule has 17 heavy (non-hydrogen) atoms. The monoisotopic (exact) mass is 255 g/mol. The zero-order chi connectivity index (χ0) is 13.1. The Morgan fingerprint density at radius 3 is 2.53 bits per heavy atom. The first-order chi connectivity index (χ1) is 7.79. The minimum Gasteiger partial charge on any atom is -0.368 e. The lowest BCUT2D eigenvalue weighted by atomic mass is 9.85. The highest BCUT2D eigenvalue weighted by Gasteiger charge is 2.61. The molecular formula is C8H12F3N3O3. The molecule has 0 spiro atoms. The summed E-state index contributed by atoms with van der Waals surface area (Å²) in [6.07, 6.45) is -5.06. The second-order valence-corrected chi connectivity index (χ2v) is 3.69. The van der Waals surface area contributed by atoms with E-state index in [0.717, 1.165) is 0 Å². The molecule has 6 nitrogen and oxygen atoms in total. The van der Waals surface area contributed by atoms with Gasteiger partial charge in [-0.3, -0.25) is 14.4 Å². The zero-order valence-electron chi connectivity index (χ0n) is 8.76. The van der Waals surface area contributed by atoms with Crippen LogP contribution >= 0.6 is 0 Å². The molecule has 1 saturated heterocycles. The third-order valence-corrected chi connectivity index (χ3v) is 2.51. The Bertz CT molecular complexity index is 313. The predicted octanol–water partition coefficient (Wildman–Crippen LogP) is -0.938. The predicted molar refractivity (Wildman–Crippen MR) is 49.3 cm³/mol. The summed E-state index contributed by atoms with van der Waals surface area (Å²) < 4.78 is 38.4. The van der Waals surface area contributed by atoms with E-state index in [1.54, 1.807) is 5.48 Å². The van der Waals surface area contributed by atoms with Crippen molar-refractivity contribution in [1.82, 2.24) is 10.8 Å². The zero-order valence-corrected chi connectivity index (χ0v) is 8.76. The molecule has 1 rings (SSSR count). The number of hydrogen-bond donors (Lipinski definition) is 3. The van der Waals surface area contributed by atoms with Crippen molar-refractivity contribution in [3.05, 3.63) is 0 Å². The number of primary amides is 1. The summed E-state index contributed by atoms with van der Waals surface area (Å²) >= 11 is 0. The van der Waals surface area contributed by atoms with Gasteiger partial charge in [-0.15, -0.1) is 0 Å². The van der Waals surface area contributed by atoms with Crippen molar-refractivity contribution in [3.8, 4) is 0 Å². The summed E-state index contributed by atoms with van der Waals surface area (Å²) in [4.78, 5) is 26.0. The quantitative estimate of drug-likeness (QED) is 0.565. The number of carbonyl (C=O) groups is 2. The van der Waals surface area contributed by atoms with E-state index in [2.05, 4.69) is 10.2 Å². The van der Waals surface area contributed by atoms with Gasteiger partial charge in [-0.25, -0.2) is 5.48 Å². The minimum atomic E-state index is -4.68. The molecule has 0 aliphatic carbocycles. The SMILES string of the molecule is NC(=O)CONC(=O)C1(C(F)(F)F)CCNC1. The molecule has 98 valence electrons. The van der Waals surface area contributed by atoms with Gasteiger partial charge in [-0.05, 0) is 13.0 Å². The van der Waals surface area contributed by atoms with Crippen LogP contribution in [0.25, 0.3) is 0 Å². The Labute approximate surface area is 94.6 Å². The molecule has 9 heteroatoms. The van der Waals surface area contributed by atoms with Crippen molar-refractivity contribution in [2.75, 3.05) is 19.7 Å². The third kappa shape index (κ3) is 2.86. The molecule has 1 fully saturated rings. The normalized spacial score (nSPS) is 24.6. The molecule has 0 aromatic heterocycles. The minimum absolute atomic E-state index is 0.0861. The number of carbonyl (C=O) groups excluding carboxylic acids is 2. The van der Waals surface area contributed by atoms with E-state index in [1.807, 2.05) is 0 Å². The van der Waals surface area contributed by atoms with Crippen LogP contribution in [0.2, 0.25) is 0 Å². The number of hydroxylamine groups is 1. The molecule has 4 N–H and O–H groups in total. The molecule has 1 heterocycles. The maximum atomic E-state index is 12.8. The lowest BCUT2D eigenvalue weighted by Crippen LogP contribution is -2.52. The van der Waals surface area contributed by atoms with Gasteiger partial charge in [0.2, 0.25) is 5.91 Å². The van der Waals surface area contributed by atoms with Crippen LogP contribution in [0, 0.1) is 5.41 Å². The van der Waals surface area contributed by atoms with Crippen molar-refractivity contribution in [2.24, 2.45) is 11.1 Å². The lowest BCUT2D eigenvalue weighted by Gasteiger charge is -2.28. The van der Waals surface area contributed by atoms with Crippen molar-refractivity contribution in [3.63, 3.8) is 0 Å². The van der Waals surface area contributed by atoms with E-state index in [9.17, 15) is 22.8 Å². The van der Waals surface area contributed by atoms with Crippen LogP contribution in [0.4, 0.5) is 13.2 Å². The van der Waals surface area contributed by atoms with Crippen LogP contribution in [-0.2, 0) is 14.4 Å². The Morgan fingerprint density at radius 2 is 2.12 bits per heavy atom. The summed E-state index contributed by atoms with van der Waals surface area (Å²) in [6.45, 7) is -1.10. The average molecular weight is 255 g/mol. The topological polar surface area (TPSA) is 93.5 Å². The van der Waals surface area contributed by atoms with E-state index >= 15 is 0 Å². The molecule has 0 bridgehead atoms. The summed E-state index contributed by atoms with van der Waals surface area (Å²) in [6, 6.07) is 0.